The molecular formula is C15H19F2N3O. The number of carbonyl (C=O) groups is 1. The second-order valence-corrected chi connectivity index (χ2v) is 5.86. The minimum absolute atomic E-state index is 0.159. The monoisotopic (exact) mass is 295 g/mol. The van der Waals surface area contributed by atoms with Gasteiger partial charge in [0.2, 0.25) is 5.91 Å². The quantitative estimate of drug-likeness (QED) is 0.890. The van der Waals surface area contributed by atoms with Crippen molar-refractivity contribution in [2.75, 3.05) is 31.5 Å². The standard InChI is InChI=1S/C15H19F2N3O/c16-11-4-12(17)6-13(5-11)19-15(21)9-20-7-10-2-1-3-18-14(10)8-20/h4-6,10,14,18H,1-3,7-9H2,(H,19,21)/t10-,14+/m0/s1. The van der Waals surface area contributed by atoms with E-state index < -0.39 is 11.6 Å². The van der Waals surface area contributed by atoms with Gasteiger partial charge in [0, 0.05) is 30.9 Å². The number of piperidine rings is 1. The van der Waals surface area contributed by atoms with Gasteiger partial charge >= 0.3 is 0 Å². The number of likely N-dealkylation sites (tertiary alicyclic amines) is 1. The van der Waals surface area contributed by atoms with Gasteiger partial charge in [0.15, 0.2) is 0 Å². The van der Waals surface area contributed by atoms with Crippen LogP contribution in [0, 0.1) is 17.6 Å². The summed E-state index contributed by atoms with van der Waals surface area (Å²) in [4.78, 5) is 14.1. The summed E-state index contributed by atoms with van der Waals surface area (Å²) >= 11 is 0. The van der Waals surface area contributed by atoms with Gasteiger partial charge in [0.05, 0.1) is 6.54 Å². The second kappa shape index (κ2) is 6.07. The molecule has 0 aliphatic carbocycles. The Morgan fingerprint density at radius 1 is 1.29 bits per heavy atom. The Hall–Kier alpha value is -1.53. The Morgan fingerprint density at radius 2 is 2.05 bits per heavy atom. The van der Waals surface area contributed by atoms with Gasteiger partial charge in [-0.1, -0.05) is 0 Å². The number of benzene rings is 1. The maximum Gasteiger partial charge on any atom is 0.238 e. The topological polar surface area (TPSA) is 44.4 Å². The molecule has 1 aromatic carbocycles. The van der Waals surface area contributed by atoms with E-state index in [1.807, 2.05) is 0 Å². The summed E-state index contributed by atoms with van der Waals surface area (Å²) in [6, 6.07) is 3.49. The first kappa shape index (κ1) is 14.4. The summed E-state index contributed by atoms with van der Waals surface area (Å²) in [6.07, 6.45) is 2.38. The van der Waals surface area contributed by atoms with Crippen molar-refractivity contribution in [3.05, 3.63) is 29.8 Å². The highest BCUT2D eigenvalue weighted by molar-refractivity contribution is 5.92. The number of nitrogens with zero attached hydrogens (tertiary/aromatic N) is 1. The van der Waals surface area contributed by atoms with E-state index >= 15 is 0 Å². The molecule has 2 N–H and O–H groups in total. The molecule has 2 heterocycles. The molecule has 0 bridgehead atoms. The van der Waals surface area contributed by atoms with Crippen LogP contribution in [-0.4, -0.2) is 43.0 Å². The minimum atomic E-state index is -0.693. The largest absolute Gasteiger partial charge is 0.325 e. The molecule has 1 aromatic rings. The highest BCUT2D eigenvalue weighted by atomic mass is 19.1. The van der Waals surface area contributed by atoms with Gasteiger partial charge in [-0.15, -0.1) is 0 Å². The number of carbonyl (C=O) groups excluding carboxylic acids is 1. The number of hydrogen-bond donors (Lipinski definition) is 2. The van der Waals surface area contributed by atoms with Gasteiger partial charge in [-0.3, -0.25) is 9.69 Å². The van der Waals surface area contributed by atoms with Crippen molar-refractivity contribution in [3.63, 3.8) is 0 Å². The van der Waals surface area contributed by atoms with E-state index in [1.54, 1.807) is 0 Å². The smallest absolute Gasteiger partial charge is 0.238 e. The molecule has 6 heteroatoms. The average Bonchev–Trinajstić information content (AvgIpc) is 2.78. The van der Waals surface area contributed by atoms with E-state index in [4.69, 9.17) is 0 Å². The maximum absolute atomic E-state index is 13.1. The molecule has 2 fully saturated rings. The van der Waals surface area contributed by atoms with Crippen LogP contribution in [0.2, 0.25) is 0 Å². The third-order valence-corrected chi connectivity index (χ3v) is 4.19. The van der Waals surface area contributed by atoms with Gasteiger partial charge in [0.25, 0.3) is 0 Å². The number of nitrogens with one attached hydrogen (secondary N) is 2. The van der Waals surface area contributed by atoms with Gasteiger partial charge in [0.1, 0.15) is 11.6 Å². The summed E-state index contributed by atoms with van der Waals surface area (Å²) in [5.41, 5.74) is 0.159. The summed E-state index contributed by atoms with van der Waals surface area (Å²) in [7, 11) is 0. The molecule has 0 saturated carbocycles. The van der Waals surface area contributed by atoms with Crippen LogP contribution in [0.4, 0.5) is 14.5 Å². The number of anilines is 1. The van der Waals surface area contributed by atoms with Crippen LogP contribution >= 0.6 is 0 Å². The van der Waals surface area contributed by atoms with Crippen LogP contribution in [0.1, 0.15) is 12.8 Å². The molecule has 0 radical (unpaired) electrons. The summed E-state index contributed by atoms with van der Waals surface area (Å²) in [5, 5.41) is 6.03. The first-order valence-corrected chi connectivity index (χ1v) is 7.32. The Labute approximate surface area is 122 Å². The fourth-order valence-electron chi connectivity index (χ4n) is 3.29. The molecule has 21 heavy (non-hydrogen) atoms. The number of fused-ring (bicyclic) bond motifs is 1. The Balaban J connectivity index is 1.54. The SMILES string of the molecule is O=C(CN1C[C@@H]2CCCN[C@@H]2C1)Nc1cc(F)cc(F)c1. The highest BCUT2D eigenvalue weighted by Gasteiger charge is 2.34. The third-order valence-electron chi connectivity index (χ3n) is 4.19. The number of rotatable bonds is 3. The molecule has 0 unspecified atom stereocenters. The van der Waals surface area contributed by atoms with Crippen molar-refractivity contribution >= 4 is 11.6 Å². The third kappa shape index (κ3) is 3.57. The van der Waals surface area contributed by atoms with Crippen molar-refractivity contribution in [1.29, 1.82) is 0 Å². The fraction of sp³-hybridized carbons (Fsp3) is 0.533. The predicted octanol–water partition coefficient (Wildman–Crippen LogP) is 1.59. The zero-order valence-electron chi connectivity index (χ0n) is 11.7. The lowest BCUT2D eigenvalue weighted by molar-refractivity contribution is -0.117. The van der Waals surface area contributed by atoms with E-state index in [-0.39, 0.29) is 18.1 Å². The second-order valence-electron chi connectivity index (χ2n) is 5.86. The molecule has 0 spiro atoms. The predicted molar refractivity (Wildman–Crippen MR) is 75.9 cm³/mol. The molecule has 2 aliphatic heterocycles. The zero-order chi connectivity index (χ0) is 14.8. The summed E-state index contributed by atoms with van der Waals surface area (Å²) in [5.74, 6) is -1.01. The van der Waals surface area contributed by atoms with E-state index in [1.165, 1.54) is 12.8 Å². The Morgan fingerprint density at radius 3 is 2.76 bits per heavy atom. The number of halogens is 2. The molecule has 0 aromatic heterocycles. The Kier molecular flexibility index (Phi) is 4.17. The lowest BCUT2D eigenvalue weighted by Gasteiger charge is -2.24. The fourth-order valence-corrected chi connectivity index (χ4v) is 3.29. The first-order valence-electron chi connectivity index (χ1n) is 7.32. The number of hydrogen-bond acceptors (Lipinski definition) is 3. The van der Waals surface area contributed by atoms with Crippen molar-refractivity contribution in [2.45, 2.75) is 18.9 Å². The summed E-state index contributed by atoms with van der Waals surface area (Å²) in [6.45, 7) is 3.06. The van der Waals surface area contributed by atoms with E-state index in [2.05, 4.69) is 15.5 Å². The molecule has 2 aliphatic rings. The van der Waals surface area contributed by atoms with Gasteiger partial charge in [-0.05, 0) is 37.4 Å². The normalized spacial score (nSPS) is 25.6. The van der Waals surface area contributed by atoms with Crippen LogP contribution in [0.25, 0.3) is 0 Å². The highest BCUT2D eigenvalue weighted by Crippen LogP contribution is 2.24. The van der Waals surface area contributed by atoms with E-state index in [0.717, 1.165) is 37.8 Å². The van der Waals surface area contributed by atoms with Gasteiger partial charge in [-0.25, -0.2) is 8.78 Å². The zero-order valence-corrected chi connectivity index (χ0v) is 11.7. The van der Waals surface area contributed by atoms with Gasteiger partial charge < -0.3 is 10.6 Å². The van der Waals surface area contributed by atoms with Crippen LogP contribution in [0.3, 0.4) is 0 Å². The molecule has 2 atom stereocenters. The molecule has 1 amide bonds. The Bertz CT molecular complexity index is 503. The lowest BCUT2D eigenvalue weighted by Crippen LogP contribution is -2.41. The minimum Gasteiger partial charge on any atom is -0.325 e. The molecular weight excluding hydrogens is 276 g/mol. The summed E-state index contributed by atoms with van der Waals surface area (Å²) < 4.78 is 26.1. The molecule has 2 saturated heterocycles. The first-order chi connectivity index (χ1) is 10.1. The van der Waals surface area contributed by atoms with Crippen LogP contribution in [0.5, 0.6) is 0 Å². The van der Waals surface area contributed by atoms with E-state index in [9.17, 15) is 13.6 Å². The van der Waals surface area contributed by atoms with Crippen LogP contribution in [-0.2, 0) is 4.79 Å². The molecule has 3 rings (SSSR count). The van der Waals surface area contributed by atoms with Crippen molar-refractivity contribution in [1.82, 2.24) is 10.2 Å². The lowest BCUT2D eigenvalue weighted by atomic mass is 9.94. The maximum atomic E-state index is 13.1. The van der Waals surface area contributed by atoms with E-state index in [0.29, 0.717) is 12.0 Å². The molecule has 114 valence electrons. The number of amides is 1. The van der Waals surface area contributed by atoms with Crippen molar-refractivity contribution in [2.24, 2.45) is 5.92 Å². The molecule has 4 nitrogen and oxygen atoms in total. The van der Waals surface area contributed by atoms with Crippen LogP contribution in [0.15, 0.2) is 18.2 Å². The van der Waals surface area contributed by atoms with Crippen LogP contribution < -0.4 is 10.6 Å². The van der Waals surface area contributed by atoms with Gasteiger partial charge in [-0.2, -0.15) is 0 Å². The average molecular weight is 295 g/mol. The van der Waals surface area contributed by atoms with Crippen molar-refractivity contribution < 1.29 is 13.6 Å². The van der Waals surface area contributed by atoms with Crippen molar-refractivity contribution in [3.8, 4) is 0 Å².